The molecule has 0 radical (unpaired) electrons. The number of aliphatic hydroxyl groups is 1. The summed E-state index contributed by atoms with van der Waals surface area (Å²) in [7, 11) is 0. The van der Waals surface area contributed by atoms with Crippen molar-refractivity contribution in [2.45, 2.75) is 24.9 Å². The lowest BCUT2D eigenvalue weighted by Crippen LogP contribution is -2.07. The Balaban J connectivity index is 2.22. The molecule has 1 fully saturated rings. The number of hydrogen-bond acceptors (Lipinski definition) is 1. The Morgan fingerprint density at radius 1 is 1.44 bits per heavy atom. The van der Waals surface area contributed by atoms with Crippen LogP contribution in [0, 0.1) is 0 Å². The number of allylic oxidation sites excluding steroid dienone is 2. The molecule has 0 atom stereocenters. The van der Waals surface area contributed by atoms with Crippen molar-refractivity contribution in [1.82, 2.24) is 0 Å². The summed E-state index contributed by atoms with van der Waals surface area (Å²) in [6.45, 7) is 0. The van der Waals surface area contributed by atoms with E-state index in [0.29, 0.717) is 0 Å². The number of hydrogen-bond donors (Lipinski definition) is 1. The van der Waals surface area contributed by atoms with Crippen LogP contribution in [0.15, 0.2) is 23.8 Å². The van der Waals surface area contributed by atoms with Crippen LogP contribution in [-0.4, -0.2) is 10.7 Å². The minimum absolute atomic E-state index is 0.396. The zero-order chi connectivity index (χ0) is 6.32. The monoisotopic (exact) mass is 122 g/mol. The first-order chi connectivity index (χ1) is 4.31. The van der Waals surface area contributed by atoms with Crippen molar-refractivity contribution in [2.24, 2.45) is 0 Å². The van der Waals surface area contributed by atoms with Crippen LogP contribution in [0.25, 0.3) is 0 Å². The van der Waals surface area contributed by atoms with Crippen molar-refractivity contribution >= 4 is 0 Å². The van der Waals surface area contributed by atoms with Crippen molar-refractivity contribution in [3.8, 4) is 0 Å². The van der Waals surface area contributed by atoms with Crippen LogP contribution in [0.1, 0.15) is 19.3 Å². The zero-order valence-corrected chi connectivity index (χ0v) is 5.30. The van der Waals surface area contributed by atoms with Gasteiger partial charge in [0.25, 0.3) is 0 Å². The average molecular weight is 122 g/mol. The van der Waals surface area contributed by atoms with Crippen molar-refractivity contribution < 1.29 is 5.11 Å². The fourth-order valence-electron chi connectivity index (χ4n) is 1.21. The predicted molar refractivity (Wildman–Crippen MR) is 36.0 cm³/mol. The molecule has 1 heteroatoms. The van der Waals surface area contributed by atoms with Crippen molar-refractivity contribution in [1.29, 1.82) is 0 Å². The Labute approximate surface area is 54.7 Å². The van der Waals surface area contributed by atoms with E-state index in [1.807, 2.05) is 6.08 Å². The predicted octanol–water partition coefficient (Wildman–Crippen LogP) is 1.40. The van der Waals surface area contributed by atoms with Crippen LogP contribution < -0.4 is 0 Å². The van der Waals surface area contributed by atoms with E-state index < -0.39 is 5.60 Å². The summed E-state index contributed by atoms with van der Waals surface area (Å²) in [6, 6.07) is 0. The van der Waals surface area contributed by atoms with E-state index in [1.165, 1.54) is 0 Å². The van der Waals surface area contributed by atoms with E-state index in [4.69, 9.17) is 0 Å². The normalized spacial score (nSPS) is 28.3. The Bertz CT molecular complexity index is 185. The summed E-state index contributed by atoms with van der Waals surface area (Å²) in [4.78, 5) is 0. The highest BCUT2D eigenvalue weighted by molar-refractivity contribution is 5.38. The van der Waals surface area contributed by atoms with E-state index >= 15 is 0 Å². The lowest BCUT2D eigenvalue weighted by Gasteiger charge is -2.04. The molecule has 48 valence electrons. The topological polar surface area (TPSA) is 20.2 Å². The van der Waals surface area contributed by atoms with E-state index in [1.54, 1.807) is 0 Å². The maximum absolute atomic E-state index is 9.51. The van der Waals surface area contributed by atoms with Gasteiger partial charge in [0, 0.05) is 0 Å². The van der Waals surface area contributed by atoms with Crippen molar-refractivity contribution in [2.75, 3.05) is 0 Å². The Morgan fingerprint density at radius 2 is 2.22 bits per heavy atom. The fourth-order valence-corrected chi connectivity index (χ4v) is 1.21. The first kappa shape index (κ1) is 5.24. The molecule has 0 aromatic rings. The molecule has 9 heavy (non-hydrogen) atoms. The molecule has 1 nitrogen and oxygen atoms in total. The third-order valence-corrected chi connectivity index (χ3v) is 2.03. The van der Waals surface area contributed by atoms with E-state index in [-0.39, 0.29) is 0 Å². The summed E-state index contributed by atoms with van der Waals surface area (Å²) in [5.74, 6) is 0. The molecular formula is C8H10O. The van der Waals surface area contributed by atoms with Gasteiger partial charge >= 0.3 is 0 Å². The lowest BCUT2D eigenvalue weighted by molar-refractivity contribution is 0.193. The third-order valence-electron chi connectivity index (χ3n) is 2.03. The molecule has 0 aromatic heterocycles. The van der Waals surface area contributed by atoms with Crippen LogP contribution in [0.3, 0.4) is 0 Å². The maximum atomic E-state index is 9.51. The highest BCUT2D eigenvalue weighted by Gasteiger charge is 2.43. The first-order valence-electron chi connectivity index (χ1n) is 3.41. The standard InChI is InChI=1S/C8H10O/c9-8(5-6-8)7-3-1-2-4-7/h1,3-4,9H,2,5-6H2. The molecule has 0 amide bonds. The second kappa shape index (κ2) is 1.48. The van der Waals surface area contributed by atoms with Gasteiger partial charge < -0.3 is 5.11 Å². The molecule has 0 spiro atoms. The molecule has 2 aliphatic carbocycles. The van der Waals surface area contributed by atoms with Gasteiger partial charge in [-0.3, -0.25) is 0 Å². The molecule has 0 unspecified atom stereocenters. The third kappa shape index (κ3) is 0.724. The molecule has 1 N–H and O–H groups in total. The van der Waals surface area contributed by atoms with E-state index in [2.05, 4.69) is 12.2 Å². The first-order valence-corrected chi connectivity index (χ1v) is 3.41. The van der Waals surface area contributed by atoms with Crippen LogP contribution in [0.4, 0.5) is 0 Å². The van der Waals surface area contributed by atoms with Gasteiger partial charge in [-0.15, -0.1) is 0 Å². The molecule has 0 aliphatic heterocycles. The van der Waals surface area contributed by atoms with Crippen LogP contribution in [-0.2, 0) is 0 Å². The van der Waals surface area contributed by atoms with Gasteiger partial charge in [0.2, 0.25) is 0 Å². The molecule has 0 heterocycles. The second-order valence-corrected chi connectivity index (χ2v) is 2.83. The highest BCUT2D eigenvalue weighted by Crippen LogP contribution is 2.43. The SMILES string of the molecule is OC1(C2=CCC=C2)CC1. The van der Waals surface area contributed by atoms with Gasteiger partial charge in [0.15, 0.2) is 0 Å². The molecular weight excluding hydrogens is 112 g/mol. The zero-order valence-electron chi connectivity index (χ0n) is 5.30. The number of rotatable bonds is 1. The molecule has 2 rings (SSSR count). The summed E-state index contributed by atoms with van der Waals surface area (Å²) in [5, 5.41) is 9.51. The second-order valence-electron chi connectivity index (χ2n) is 2.83. The summed E-state index contributed by atoms with van der Waals surface area (Å²) < 4.78 is 0. The largest absolute Gasteiger partial charge is 0.385 e. The quantitative estimate of drug-likeness (QED) is 0.557. The Kier molecular flexibility index (Phi) is 0.862. The van der Waals surface area contributed by atoms with Crippen molar-refractivity contribution in [3.63, 3.8) is 0 Å². The maximum Gasteiger partial charge on any atom is 0.0895 e. The van der Waals surface area contributed by atoms with Gasteiger partial charge in [-0.1, -0.05) is 18.2 Å². The van der Waals surface area contributed by atoms with Crippen LogP contribution >= 0.6 is 0 Å². The molecule has 0 bridgehead atoms. The Morgan fingerprint density at radius 3 is 2.67 bits per heavy atom. The van der Waals surface area contributed by atoms with E-state index in [9.17, 15) is 5.11 Å². The average Bonchev–Trinajstić information content (AvgIpc) is 2.46. The van der Waals surface area contributed by atoms with E-state index in [0.717, 1.165) is 24.8 Å². The van der Waals surface area contributed by atoms with Gasteiger partial charge in [-0.05, 0) is 24.8 Å². The van der Waals surface area contributed by atoms with Crippen LogP contribution in [0.5, 0.6) is 0 Å². The molecule has 1 saturated carbocycles. The van der Waals surface area contributed by atoms with Gasteiger partial charge in [0.1, 0.15) is 0 Å². The van der Waals surface area contributed by atoms with Gasteiger partial charge in [-0.25, -0.2) is 0 Å². The summed E-state index contributed by atoms with van der Waals surface area (Å²) in [6.07, 6.45) is 9.16. The van der Waals surface area contributed by atoms with Gasteiger partial charge in [-0.2, -0.15) is 0 Å². The molecule has 0 saturated heterocycles. The van der Waals surface area contributed by atoms with Gasteiger partial charge in [0.05, 0.1) is 5.60 Å². The van der Waals surface area contributed by atoms with Crippen molar-refractivity contribution in [3.05, 3.63) is 23.8 Å². The lowest BCUT2D eigenvalue weighted by atomic mass is 10.1. The van der Waals surface area contributed by atoms with Crippen LogP contribution in [0.2, 0.25) is 0 Å². The Hall–Kier alpha value is -0.560. The summed E-state index contributed by atoms with van der Waals surface area (Å²) >= 11 is 0. The fraction of sp³-hybridized carbons (Fsp3) is 0.500. The summed E-state index contributed by atoms with van der Waals surface area (Å²) in [5.41, 5.74) is 0.745. The molecule has 2 aliphatic rings. The molecule has 0 aromatic carbocycles. The minimum Gasteiger partial charge on any atom is -0.385 e. The minimum atomic E-state index is -0.396. The highest BCUT2D eigenvalue weighted by atomic mass is 16.3. The smallest absolute Gasteiger partial charge is 0.0895 e.